The van der Waals surface area contributed by atoms with Crippen molar-refractivity contribution in [3.63, 3.8) is 0 Å². The van der Waals surface area contributed by atoms with Crippen LogP contribution in [0, 0.1) is 5.92 Å². The Morgan fingerprint density at radius 1 is 0.573 bits per heavy atom. The minimum Gasteiger partial charge on any atom is -0.508 e. The van der Waals surface area contributed by atoms with Crippen molar-refractivity contribution in [2.45, 2.75) is 139 Å². The minimum atomic E-state index is -2.04. The number of nitrogens with one attached hydrogen (secondary N) is 7. The third kappa shape index (κ3) is 20.6. The first kappa shape index (κ1) is 65.6. The molecule has 0 unspecified atom stereocenters. The van der Waals surface area contributed by atoms with Crippen molar-refractivity contribution in [1.29, 1.82) is 0 Å². The van der Waals surface area contributed by atoms with E-state index in [-0.39, 0.29) is 74.7 Å². The SMILES string of the molecule is CC(C)C[C@H](N)C(=O)N[C@@H](CCC(N)=O)C(=O)N[C@@H](Cc1ccc(O)cc1)C(=O)N[C@@H](CC(=O)O)C(=O)N[C@@H](CO)C(=O)N[C@@H](Cc1ccc(O)cc1)C(=O)N1CCC[C@H]1C(=O)N[C@@H](Cc1ccc(O)cc1)C(=O)N[C@H](C(=O)O)[C@@H](C)O. The summed E-state index contributed by atoms with van der Waals surface area (Å²) in [5.74, 6) is -12.8. The molecule has 0 spiro atoms. The van der Waals surface area contributed by atoms with E-state index in [1.54, 1.807) is 13.8 Å². The van der Waals surface area contributed by atoms with Gasteiger partial charge in [0.2, 0.25) is 53.2 Å². The summed E-state index contributed by atoms with van der Waals surface area (Å²) in [6.45, 7) is 3.49. The minimum absolute atomic E-state index is 0.0273. The maximum Gasteiger partial charge on any atom is 0.328 e. The maximum atomic E-state index is 14.6. The molecule has 28 heteroatoms. The van der Waals surface area contributed by atoms with Gasteiger partial charge in [-0.1, -0.05) is 50.2 Å². The molecule has 10 atom stereocenters. The summed E-state index contributed by atoms with van der Waals surface area (Å²) in [5.41, 5.74) is 12.5. The van der Waals surface area contributed by atoms with E-state index in [4.69, 9.17) is 11.5 Å². The average Bonchev–Trinajstić information content (AvgIpc) is 3.96. The number of aliphatic hydroxyl groups is 2. The molecule has 1 fully saturated rings. The van der Waals surface area contributed by atoms with Crippen molar-refractivity contribution in [1.82, 2.24) is 42.1 Å². The van der Waals surface area contributed by atoms with Gasteiger partial charge in [-0.05, 0) is 91.6 Å². The number of hydrogen-bond acceptors (Lipinski definition) is 17. The van der Waals surface area contributed by atoms with E-state index >= 15 is 0 Å². The van der Waals surface area contributed by atoms with Crippen molar-refractivity contribution in [3.8, 4) is 17.2 Å². The number of phenolic OH excluding ortho intramolecular Hbond substituents is 3. The van der Waals surface area contributed by atoms with Crippen LogP contribution >= 0.6 is 0 Å². The molecule has 1 saturated heterocycles. The number of nitrogens with two attached hydrogens (primary N) is 2. The lowest BCUT2D eigenvalue weighted by Gasteiger charge is -2.31. The first-order chi connectivity index (χ1) is 38.6. The van der Waals surface area contributed by atoms with Crippen molar-refractivity contribution >= 4 is 65.1 Å². The second kappa shape index (κ2) is 31.2. The Balaban J connectivity index is 1.60. The molecule has 446 valence electrons. The average molecular weight is 1150 g/mol. The number of carboxylic acid groups (broad SMARTS) is 2. The number of carbonyl (C=O) groups excluding carboxylic acids is 9. The van der Waals surface area contributed by atoms with Gasteiger partial charge in [-0.3, -0.25) is 47.9 Å². The van der Waals surface area contributed by atoms with E-state index in [0.29, 0.717) is 16.7 Å². The van der Waals surface area contributed by atoms with Crippen LogP contribution in [0.25, 0.3) is 0 Å². The van der Waals surface area contributed by atoms with Gasteiger partial charge in [-0.2, -0.15) is 0 Å². The van der Waals surface area contributed by atoms with Crippen LogP contribution in [-0.2, 0) is 72.0 Å². The first-order valence-electron chi connectivity index (χ1n) is 26.2. The molecule has 1 aliphatic heterocycles. The highest BCUT2D eigenvalue weighted by atomic mass is 16.4. The summed E-state index contributed by atoms with van der Waals surface area (Å²) in [7, 11) is 0. The normalized spacial score (nSPS) is 16.3. The lowest BCUT2D eigenvalue weighted by molar-refractivity contribution is -0.145. The number of aliphatic hydroxyl groups excluding tert-OH is 2. The summed E-state index contributed by atoms with van der Waals surface area (Å²) in [5, 5.41) is 86.4. The zero-order valence-electron chi connectivity index (χ0n) is 45.3. The summed E-state index contributed by atoms with van der Waals surface area (Å²) >= 11 is 0. The first-order valence-corrected chi connectivity index (χ1v) is 26.2. The van der Waals surface area contributed by atoms with Gasteiger partial charge in [-0.15, -0.1) is 0 Å². The Morgan fingerprint density at radius 3 is 1.45 bits per heavy atom. The largest absolute Gasteiger partial charge is 0.508 e. The number of aromatic hydroxyl groups is 3. The van der Waals surface area contributed by atoms with Gasteiger partial charge in [0.05, 0.1) is 25.2 Å². The highest BCUT2D eigenvalue weighted by molar-refractivity contribution is 5.99. The lowest BCUT2D eigenvalue weighted by Crippen LogP contribution is -2.61. The second-order valence-electron chi connectivity index (χ2n) is 20.3. The van der Waals surface area contributed by atoms with Crippen LogP contribution in [0.15, 0.2) is 72.8 Å². The fourth-order valence-corrected chi connectivity index (χ4v) is 8.75. The number of carboxylic acids is 2. The lowest BCUT2D eigenvalue weighted by atomic mass is 10.0. The molecule has 9 amide bonds. The van der Waals surface area contributed by atoms with E-state index in [9.17, 15) is 88.5 Å². The van der Waals surface area contributed by atoms with Gasteiger partial charge in [-0.25, -0.2) is 4.79 Å². The van der Waals surface area contributed by atoms with Gasteiger partial charge < -0.3 is 89.3 Å². The summed E-state index contributed by atoms with van der Waals surface area (Å²) in [4.78, 5) is 149. The molecule has 1 heterocycles. The molecule has 0 aromatic heterocycles. The summed E-state index contributed by atoms with van der Waals surface area (Å²) in [6, 6.07) is 1.83. The van der Waals surface area contributed by atoms with Crippen LogP contribution in [0.1, 0.15) is 76.0 Å². The smallest absolute Gasteiger partial charge is 0.328 e. The summed E-state index contributed by atoms with van der Waals surface area (Å²) in [6.07, 6.45) is -3.90. The monoisotopic (exact) mass is 1150 g/mol. The van der Waals surface area contributed by atoms with Crippen molar-refractivity contribution in [2.24, 2.45) is 17.4 Å². The quantitative estimate of drug-likeness (QED) is 0.0301. The predicted molar refractivity (Wildman–Crippen MR) is 288 cm³/mol. The molecule has 0 saturated carbocycles. The van der Waals surface area contributed by atoms with Crippen LogP contribution in [0.2, 0.25) is 0 Å². The summed E-state index contributed by atoms with van der Waals surface area (Å²) < 4.78 is 0. The number of phenols is 3. The van der Waals surface area contributed by atoms with Gasteiger partial charge in [0, 0.05) is 32.2 Å². The third-order valence-corrected chi connectivity index (χ3v) is 13.1. The zero-order chi connectivity index (χ0) is 61.0. The Labute approximate surface area is 470 Å². The molecule has 18 N–H and O–H groups in total. The fourth-order valence-electron chi connectivity index (χ4n) is 8.75. The van der Waals surface area contributed by atoms with Gasteiger partial charge in [0.25, 0.3) is 0 Å². The number of hydrogen-bond donors (Lipinski definition) is 16. The number of likely N-dealkylation sites (tertiary alicyclic amines) is 1. The molecule has 3 aromatic carbocycles. The van der Waals surface area contributed by atoms with E-state index in [2.05, 4.69) is 37.2 Å². The molecular weight excluding hydrogens is 1080 g/mol. The Kier molecular flexibility index (Phi) is 25.0. The van der Waals surface area contributed by atoms with E-state index in [1.807, 2.05) is 0 Å². The number of amides is 9. The fraction of sp³-hybridized carbons (Fsp3) is 0.463. The van der Waals surface area contributed by atoms with Crippen molar-refractivity contribution in [3.05, 3.63) is 89.5 Å². The van der Waals surface area contributed by atoms with Gasteiger partial charge in [0.15, 0.2) is 6.04 Å². The van der Waals surface area contributed by atoms with Crippen molar-refractivity contribution in [2.75, 3.05) is 13.2 Å². The van der Waals surface area contributed by atoms with Gasteiger partial charge >= 0.3 is 11.9 Å². The molecule has 0 bridgehead atoms. The number of aliphatic carboxylic acids is 2. The molecular formula is C54H72N10O18. The van der Waals surface area contributed by atoms with E-state index in [0.717, 1.165) is 11.8 Å². The van der Waals surface area contributed by atoms with Gasteiger partial charge in [0.1, 0.15) is 59.5 Å². The topological polar surface area (TPSA) is 469 Å². The highest BCUT2D eigenvalue weighted by Crippen LogP contribution is 2.22. The van der Waals surface area contributed by atoms with E-state index in [1.165, 1.54) is 72.8 Å². The number of carbonyl (C=O) groups is 11. The molecule has 4 rings (SSSR count). The molecule has 82 heavy (non-hydrogen) atoms. The Morgan fingerprint density at radius 2 is 0.988 bits per heavy atom. The van der Waals surface area contributed by atoms with E-state index < -0.39 is 145 Å². The van der Waals surface area contributed by atoms with Crippen LogP contribution in [0.4, 0.5) is 0 Å². The third-order valence-electron chi connectivity index (χ3n) is 13.1. The highest BCUT2D eigenvalue weighted by Gasteiger charge is 2.41. The zero-order valence-corrected chi connectivity index (χ0v) is 45.3. The number of nitrogens with zero attached hydrogens (tertiary/aromatic N) is 1. The van der Waals surface area contributed by atoms with Crippen molar-refractivity contribution < 1.29 is 88.5 Å². The predicted octanol–water partition coefficient (Wildman–Crippen LogP) is -3.21. The molecule has 0 radical (unpaired) electrons. The van der Waals surface area contributed by atoms with Crippen LogP contribution < -0.4 is 48.7 Å². The molecule has 0 aliphatic carbocycles. The number of primary amides is 1. The second-order valence-corrected chi connectivity index (χ2v) is 20.3. The molecule has 28 nitrogen and oxygen atoms in total. The number of benzene rings is 3. The number of rotatable bonds is 31. The van der Waals surface area contributed by atoms with Crippen LogP contribution in [-0.4, -0.2) is 179 Å². The van der Waals surface area contributed by atoms with Crippen LogP contribution in [0.5, 0.6) is 17.2 Å². The molecule has 1 aliphatic rings. The maximum absolute atomic E-state index is 14.6. The standard InChI is InChI=1S/C54H72N10O18/c1-27(2)21-35(55)46(73)57-36(18-19-43(56)70)47(74)58-37(22-29-6-12-32(67)13-7-29)48(75)59-39(25-44(71)72)49(76)62-41(26-65)51(78)61-40(24-31-10-16-34(69)17-11-31)53(80)64-20-4-5-42(64)52(79)60-38(23-30-8-14-33(68)15-9-30)50(77)63-45(28(3)66)54(81)82/h6-17,27-28,35-42,45,65-69H,4-5,18-26,55H2,1-3H3,(H2,56,70)(H,57,73)(H,58,74)(H,59,75)(H,60,79)(H,61,78)(H,62,76)(H,63,77)(H,71,72)(H,81,82)/t28-,35+,36+,37+,38+,39+,40+,41+,42+,45+/m1/s1. The Bertz CT molecular complexity index is 2750. The Hall–Kier alpha value is -8.89. The molecule has 3 aromatic rings. The van der Waals surface area contributed by atoms with Crippen LogP contribution in [0.3, 0.4) is 0 Å².